The van der Waals surface area contributed by atoms with Crippen LogP contribution >= 0.6 is 0 Å². The first-order valence-corrected chi connectivity index (χ1v) is 15.8. The molecule has 0 bridgehead atoms. The fraction of sp³-hybridized carbons (Fsp3) is 0.0227. The third kappa shape index (κ3) is 6.30. The first-order chi connectivity index (χ1) is 23.7. The van der Waals surface area contributed by atoms with E-state index in [9.17, 15) is 0 Å². The molecule has 0 amide bonds. The molecule has 49 heavy (non-hydrogen) atoms. The smallest absolute Gasteiger partial charge is 0.129 e. The number of fused-ring (bicyclic) bond motifs is 4. The van der Waals surface area contributed by atoms with E-state index < -0.39 is 0 Å². The Balaban J connectivity index is 0.000000246. The zero-order valence-corrected chi connectivity index (χ0v) is 29.0. The topological polar surface area (TPSA) is 51.8 Å². The zero-order chi connectivity index (χ0) is 32.3. The van der Waals surface area contributed by atoms with Crippen molar-refractivity contribution in [3.05, 3.63) is 176 Å². The van der Waals surface area contributed by atoms with Crippen LogP contribution in [0.15, 0.2) is 163 Å². The molecule has 5 heteroatoms. The Labute approximate surface area is 298 Å². The van der Waals surface area contributed by atoms with Gasteiger partial charge in [-0.3, -0.25) is 4.98 Å². The fourth-order valence-corrected chi connectivity index (χ4v) is 6.21. The van der Waals surface area contributed by atoms with Crippen LogP contribution in [-0.2, 0) is 20.1 Å². The van der Waals surface area contributed by atoms with Crippen molar-refractivity contribution in [3.63, 3.8) is 0 Å². The van der Waals surface area contributed by atoms with Gasteiger partial charge in [-0.25, -0.2) is 0 Å². The summed E-state index contributed by atoms with van der Waals surface area (Å²) in [7, 11) is 0. The van der Waals surface area contributed by atoms with Gasteiger partial charge >= 0.3 is 0 Å². The Morgan fingerprint density at radius 2 is 1.43 bits per heavy atom. The number of benzene rings is 5. The molecule has 0 saturated heterocycles. The van der Waals surface area contributed by atoms with E-state index in [4.69, 9.17) is 9.40 Å². The van der Waals surface area contributed by atoms with E-state index in [0.717, 1.165) is 77.5 Å². The summed E-state index contributed by atoms with van der Waals surface area (Å²) < 4.78 is 6.71. The van der Waals surface area contributed by atoms with Crippen LogP contribution in [0.25, 0.3) is 77.5 Å². The Kier molecular flexibility index (Phi) is 9.21. The van der Waals surface area contributed by atoms with E-state index in [1.54, 1.807) is 6.20 Å². The zero-order valence-electron chi connectivity index (χ0n) is 26.6. The number of furan rings is 1. The molecule has 9 rings (SSSR count). The van der Waals surface area contributed by atoms with Crippen LogP contribution in [0.3, 0.4) is 0 Å². The van der Waals surface area contributed by atoms with Crippen LogP contribution in [0.2, 0.25) is 0 Å². The maximum Gasteiger partial charge on any atom is 0.129 e. The second kappa shape index (κ2) is 14.2. The molecule has 0 atom stereocenters. The van der Waals surface area contributed by atoms with Gasteiger partial charge in [0.25, 0.3) is 0 Å². The number of rotatable bonds is 4. The Hall–Kier alpha value is -5.74. The average Bonchev–Trinajstić information content (AvgIpc) is 3.57. The number of hydrogen-bond donors (Lipinski definition) is 0. The van der Waals surface area contributed by atoms with Gasteiger partial charge in [-0.15, -0.1) is 54.1 Å². The molecule has 0 fully saturated rings. The Bertz CT molecular complexity index is 2470. The summed E-state index contributed by atoms with van der Waals surface area (Å²) in [6.07, 6.45) is 7.40. The molecule has 0 spiro atoms. The second-order valence-electron chi connectivity index (χ2n) is 11.5. The molecule has 0 N–H and O–H groups in total. The first-order valence-electron chi connectivity index (χ1n) is 15.8. The quantitative estimate of drug-likeness (QED) is 0.166. The predicted octanol–water partition coefficient (Wildman–Crippen LogP) is 11.2. The molecular formula is C44H29IrN3O-2. The average molecular weight is 808 g/mol. The van der Waals surface area contributed by atoms with Gasteiger partial charge in [0, 0.05) is 61.2 Å². The molecule has 5 aromatic carbocycles. The summed E-state index contributed by atoms with van der Waals surface area (Å²) in [6.45, 7) is 2.14. The maximum absolute atomic E-state index is 6.71. The summed E-state index contributed by atoms with van der Waals surface area (Å²) in [6, 6.07) is 51.5. The molecule has 0 aliphatic heterocycles. The molecule has 237 valence electrons. The minimum absolute atomic E-state index is 0. The van der Waals surface area contributed by atoms with E-state index in [2.05, 4.69) is 95.8 Å². The molecule has 0 unspecified atom stereocenters. The summed E-state index contributed by atoms with van der Waals surface area (Å²) in [5, 5.41) is 4.46. The summed E-state index contributed by atoms with van der Waals surface area (Å²) in [5.41, 5.74) is 11.0. The minimum Gasteiger partial charge on any atom is -0.500 e. The van der Waals surface area contributed by atoms with Gasteiger partial charge < -0.3 is 14.4 Å². The Morgan fingerprint density at radius 3 is 2.27 bits per heavy atom. The van der Waals surface area contributed by atoms with E-state index in [-0.39, 0.29) is 20.1 Å². The normalized spacial score (nSPS) is 10.8. The van der Waals surface area contributed by atoms with Crippen molar-refractivity contribution in [3.8, 4) is 44.8 Å². The molecule has 0 aliphatic carbocycles. The number of nitrogens with zero attached hydrogens (tertiary/aromatic N) is 3. The summed E-state index contributed by atoms with van der Waals surface area (Å²) in [5.74, 6) is 0. The predicted molar refractivity (Wildman–Crippen MR) is 195 cm³/mol. The minimum atomic E-state index is 0. The van der Waals surface area contributed by atoms with Gasteiger partial charge in [-0.1, -0.05) is 89.8 Å². The van der Waals surface area contributed by atoms with Crippen molar-refractivity contribution in [2.45, 2.75) is 6.92 Å². The van der Waals surface area contributed by atoms with Crippen molar-refractivity contribution >= 4 is 32.7 Å². The monoisotopic (exact) mass is 808 g/mol. The van der Waals surface area contributed by atoms with Crippen molar-refractivity contribution < 1.29 is 24.5 Å². The van der Waals surface area contributed by atoms with Crippen LogP contribution in [0.4, 0.5) is 0 Å². The van der Waals surface area contributed by atoms with Crippen LogP contribution in [0, 0.1) is 19.1 Å². The SMILES string of the molecule is Cc1ccc(-c2cccc3ccncc23)c2oc3c(-c4cc(-c5ccccc5)ccn4)[c-]ccc3c12.[Ir].[c-]1ccccc1-c1ccccn1. The van der Waals surface area contributed by atoms with Crippen LogP contribution in [-0.4, -0.2) is 15.0 Å². The fourth-order valence-electron chi connectivity index (χ4n) is 6.21. The molecule has 4 heterocycles. The maximum atomic E-state index is 6.71. The van der Waals surface area contributed by atoms with Gasteiger partial charge in [-0.05, 0) is 64.2 Å². The van der Waals surface area contributed by atoms with Crippen LogP contribution in [0.1, 0.15) is 5.56 Å². The van der Waals surface area contributed by atoms with Crippen molar-refractivity contribution in [2.24, 2.45) is 0 Å². The van der Waals surface area contributed by atoms with E-state index in [1.165, 1.54) is 5.56 Å². The Morgan fingerprint density at radius 1 is 0.571 bits per heavy atom. The number of aryl methyl sites for hydroxylation is 1. The van der Waals surface area contributed by atoms with E-state index in [1.807, 2.05) is 85.3 Å². The summed E-state index contributed by atoms with van der Waals surface area (Å²) in [4.78, 5) is 13.3. The molecule has 9 aromatic rings. The third-order valence-electron chi connectivity index (χ3n) is 8.54. The molecule has 0 saturated carbocycles. The van der Waals surface area contributed by atoms with E-state index >= 15 is 0 Å². The van der Waals surface area contributed by atoms with Crippen LogP contribution < -0.4 is 0 Å². The summed E-state index contributed by atoms with van der Waals surface area (Å²) >= 11 is 0. The van der Waals surface area contributed by atoms with Crippen molar-refractivity contribution in [1.29, 1.82) is 0 Å². The molecule has 1 radical (unpaired) electrons. The first kappa shape index (κ1) is 31.8. The largest absolute Gasteiger partial charge is 0.500 e. The molecular weight excluding hydrogens is 779 g/mol. The molecule has 4 aromatic heterocycles. The van der Waals surface area contributed by atoms with Gasteiger partial charge in [0.2, 0.25) is 0 Å². The second-order valence-corrected chi connectivity index (χ2v) is 11.5. The van der Waals surface area contributed by atoms with E-state index in [0.29, 0.717) is 0 Å². The van der Waals surface area contributed by atoms with Crippen LogP contribution in [0.5, 0.6) is 0 Å². The standard InChI is InChI=1S/C33H21N2O.C11H8N.Ir/c1-21-13-14-26(25-10-5-9-23-15-17-34-20-29(23)25)33-31(21)28-12-6-11-27(32(28)36-33)30-19-24(16-18-35-30)22-7-3-2-4-8-22;1-2-6-10(7-3-1)11-8-4-5-9-12-11;/h2-10,12-20H,1H3;1-6,8-9H;/q2*-1;. The van der Waals surface area contributed by atoms with Gasteiger partial charge in [0.15, 0.2) is 0 Å². The van der Waals surface area contributed by atoms with Gasteiger partial charge in [0.1, 0.15) is 5.58 Å². The van der Waals surface area contributed by atoms with Crippen molar-refractivity contribution in [1.82, 2.24) is 15.0 Å². The van der Waals surface area contributed by atoms with Gasteiger partial charge in [0.05, 0.1) is 5.58 Å². The third-order valence-corrected chi connectivity index (χ3v) is 8.54. The van der Waals surface area contributed by atoms with Crippen molar-refractivity contribution in [2.75, 3.05) is 0 Å². The van der Waals surface area contributed by atoms with Gasteiger partial charge in [-0.2, -0.15) is 0 Å². The molecule has 4 nitrogen and oxygen atoms in total. The number of hydrogen-bond acceptors (Lipinski definition) is 4. The number of pyridine rings is 3. The molecule has 0 aliphatic rings. The number of aromatic nitrogens is 3.